The molecule has 0 aliphatic rings. The lowest BCUT2D eigenvalue weighted by atomic mass is 9.96. The number of ether oxygens (including phenoxy) is 2. The van der Waals surface area contributed by atoms with Gasteiger partial charge in [-0.05, 0) is 159 Å². The van der Waals surface area contributed by atoms with Gasteiger partial charge < -0.3 is 19.7 Å². The van der Waals surface area contributed by atoms with Crippen LogP contribution in [0.1, 0.15) is 31.8 Å². The molecule has 6 aromatic carbocycles. The standard InChI is InChI=1S/2C18H11Br2ClO3/c2*1-24-15-8-12-10(6-13(15)19)7-14(20)18(23)16(12)17(22)9-2-4-11(21)5-3-9/h2*2-8,23H,1H3. The summed E-state index contributed by atoms with van der Waals surface area (Å²) in [6.07, 6.45) is 0. The number of hydrogen-bond donors (Lipinski definition) is 2. The van der Waals surface area contributed by atoms with E-state index in [1.54, 1.807) is 87.0 Å². The summed E-state index contributed by atoms with van der Waals surface area (Å²) in [6.45, 7) is 0. The molecule has 48 heavy (non-hydrogen) atoms. The third-order valence-electron chi connectivity index (χ3n) is 7.34. The molecule has 0 aromatic heterocycles. The molecule has 2 N–H and O–H groups in total. The Morgan fingerprint density at radius 2 is 0.854 bits per heavy atom. The molecule has 0 radical (unpaired) electrons. The third kappa shape index (κ3) is 7.39. The smallest absolute Gasteiger partial charge is 0.197 e. The average molecular weight is 941 g/mol. The molecule has 0 atom stereocenters. The third-order valence-corrected chi connectivity index (χ3v) is 10.3. The maximum Gasteiger partial charge on any atom is 0.197 e. The molecule has 6 nitrogen and oxygen atoms in total. The fourth-order valence-electron chi connectivity index (χ4n) is 4.98. The zero-order valence-corrected chi connectivity index (χ0v) is 32.7. The van der Waals surface area contributed by atoms with Gasteiger partial charge in [-0.2, -0.15) is 0 Å². The maximum atomic E-state index is 13.0. The van der Waals surface area contributed by atoms with Gasteiger partial charge >= 0.3 is 0 Å². The Labute approximate surface area is 319 Å². The fraction of sp³-hybridized carbons (Fsp3) is 0.0556. The van der Waals surface area contributed by atoms with Crippen LogP contribution in [0, 0.1) is 0 Å². The van der Waals surface area contributed by atoms with E-state index < -0.39 is 0 Å². The van der Waals surface area contributed by atoms with Gasteiger partial charge in [-0.15, -0.1) is 0 Å². The Balaban J connectivity index is 0.000000188. The van der Waals surface area contributed by atoms with E-state index >= 15 is 0 Å². The number of fused-ring (bicyclic) bond motifs is 2. The van der Waals surface area contributed by atoms with E-state index in [-0.39, 0.29) is 34.2 Å². The first-order valence-electron chi connectivity index (χ1n) is 13.8. The van der Waals surface area contributed by atoms with Crippen molar-refractivity contribution in [1.29, 1.82) is 0 Å². The predicted molar refractivity (Wildman–Crippen MR) is 205 cm³/mol. The molecule has 0 aliphatic carbocycles. The molecule has 6 rings (SSSR count). The topological polar surface area (TPSA) is 93.1 Å². The van der Waals surface area contributed by atoms with Gasteiger partial charge in [0.15, 0.2) is 11.6 Å². The Bertz CT molecular complexity index is 2060. The van der Waals surface area contributed by atoms with Crippen molar-refractivity contribution >= 4 is 120 Å². The van der Waals surface area contributed by atoms with Crippen LogP contribution >= 0.6 is 86.9 Å². The van der Waals surface area contributed by atoms with Gasteiger partial charge in [0.2, 0.25) is 0 Å². The number of hydrogen-bond acceptors (Lipinski definition) is 6. The molecule has 0 saturated heterocycles. The number of ketones is 2. The summed E-state index contributed by atoms with van der Waals surface area (Å²) < 4.78 is 13.0. The summed E-state index contributed by atoms with van der Waals surface area (Å²) in [5.41, 5.74) is 1.31. The predicted octanol–water partition coefficient (Wildman–Crippen LogP) is 11.9. The number of carbonyl (C=O) groups is 2. The quantitative estimate of drug-likeness (QED) is 0.162. The van der Waals surface area contributed by atoms with Crippen molar-refractivity contribution < 1.29 is 29.3 Å². The van der Waals surface area contributed by atoms with Crippen molar-refractivity contribution in [2.45, 2.75) is 0 Å². The summed E-state index contributed by atoms with van der Waals surface area (Å²) in [5.74, 6) is 0.363. The molecule has 244 valence electrons. The monoisotopic (exact) mass is 936 g/mol. The van der Waals surface area contributed by atoms with Crippen molar-refractivity contribution in [2.24, 2.45) is 0 Å². The minimum Gasteiger partial charge on any atom is -0.506 e. The van der Waals surface area contributed by atoms with Gasteiger partial charge in [-0.25, -0.2) is 0 Å². The second-order valence-corrected chi connectivity index (χ2v) is 14.5. The van der Waals surface area contributed by atoms with Crippen molar-refractivity contribution in [3.05, 3.63) is 135 Å². The zero-order chi connectivity index (χ0) is 34.9. The molecule has 12 heteroatoms. The Morgan fingerprint density at radius 1 is 0.542 bits per heavy atom. The van der Waals surface area contributed by atoms with Crippen LogP contribution in [0.3, 0.4) is 0 Å². The van der Waals surface area contributed by atoms with Crippen LogP contribution in [0.2, 0.25) is 10.0 Å². The van der Waals surface area contributed by atoms with Crippen LogP contribution < -0.4 is 9.47 Å². The Kier molecular flexibility index (Phi) is 11.4. The highest BCUT2D eigenvalue weighted by Crippen LogP contribution is 2.42. The van der Waals surface area contributed by atoms with Crippen LogP contribution in [0.5, 0.6) is 23.0 Å². The SMILES string of the molecule is COc1cc2c(C(=O)c3ccc(Cl)cc3)c(O)c(Br)cc2cc1Br.COc1cc2c(C(=O)c3ccc(Cl)cc3)c(O)c(Br)cc2cc1Br. The minimum absolute atomic E-state index is 0.105. The minimum atomic E-state index is -0.292. The van der Waals surface area contributed by atoms with Crippen molar-refractivity contribution in [3.63, 3.8) is 0 Å². The summed E-state index contributed by atoms with van der Waals surface area (Å²) in [5, 5.41) is 24.8. The lowest BCUT2D eigenvalue weighted by Gasteiger charge is -2.13. The normalized spacial score (nSPS) is 10.8. The van der Waals surface area contributed by atoms with Crippen molar-refractivity contribution in [2.75, 3.05) is 14.2 Å². The number of aromatic hydroxyl groups is 2. The number of rotatable bonds is 6. The van der Waals surface area contributed by atoms with Crippen LogP contribution in [0.4, 0.5) is 0 Å². The van der Waals surface area contributed by atoms with E-state index in [4.69, 9.17) is 32.7 Å². The lowest BCUT2D eigenvalue weighted by Crippen LogP contribution is -2.03. The molecule has 0 bridgehead atoms. The highest BCUT2D eigenvalue weighted by atomic mass is 79.9. The average Bonchev–Trinajstić information content (AvgIpc) is 3.06. The van der Waals surface area contributed by atoms with Gasteiger partial charge in [0.1, 0.15) is 23.0 Å². The highest BCUT2D eigenvalue weighted by molar-refractivity contribution is 9.11. The molecular formula is C36H22Br4Cl2O6. The van der Waals surface area contributed by atoms with Crippen molar-refractivity contribution in [3.8, 4) is 23.0 Å². The van der Waals surface area contributed by atoms with E-state index in [1.807, 2.05) is 12.1 Å². The zero-order valence-electron chi connectivity index (χ0n) is 24.9. The van der Waals surface area contributed by atoms with Gasteiger partial charge in [-0.1, -0.05) is 23.2 Å². The first-order valence-corrected chi connectivity index (χ1v) is 17.7. The van der Waals surface area contributed by atoms with E-state index in [2.05, 4.69) is 63.7 Å². The molecule has 0 aliphatic heterocycles. The molecule has 0 unspecified atom stereocenters. The fourth-order valence-corrected chi connectivity index (χ4v) is 7.16. The molecule has 6 aromatic rings. The van der Waals surface area contributed by atoms with E-state index in [1.165, 1.54) is 0 Å². The molecule has 0 saturated carbocycles. The number of carbonyl (C=O) groups excluding carboxylic acids is 2. The number of methoxy groups -OCH3 is 2. The largest absolute Gasteiger partial charge is 0.506 e. The summed E-state index contributed by atoms with van der Waals surface area (Å²) in [6, 6.07) is 23.8. The Morgan fingerprint density at radius 3 is 1.17 bits per heavy atom. The van der Waals surface area contributed by atoms with Crippen LogP contribution in [0.15, 0.2) is 103 Å². The van der Waals surface area contributed by atoms with E-state index in [0.29, 0.717) is 52.4 Å². The van der Waals surface area contributed by atoms with Gasteiger partial charge in [0, 0.05) is 31.9 Å². The van der Waals surface area contributed by atoms with Gasteiger partial charge in [0.25, 0.3) is 0 Å². The number of phenolic OH excluding ortho intramolecular Hbond substituents is 2. The van der Waals surface area contributed by atoms with Crippen molar-refractivity contribution in [1.82, 2.24) is 0 Å². The van der Waals surface area contributed by atoms with Gasteiger partial charge in [0.05, 0.1) is 43.2 Å². The number of halogens is 6. The first kappa shape index (κ1) is 36.2. The highest BCUT2D eigenvalue weighted by Gasteiger charge is 2.23. The molecule has 0 spiro atoms. The van der Waals surface area contributed by atoms with Gasteiger partial charge in [-0.3, -0.25) is 9.59 Å². The Hall–Kier alpha value is -3.12. The van der Waals surface area contributed by atoms with Crippen LogP contribution in [-0.4, -0.2) is 36.0 Å². The molecule has 0 amide bonds. The second-order valence-electron chi connectivity index (χ2n) is 10.3. The number of phenols is 2. The summed E-state index contributed by atoms with van der Waals surface area (Å²) in [7, 11) is 3.09. The van der Waals surface area contributed by atoms with Crippen LogP contribution in [0.25, 0.3) is 21.5 Å². The summed E-state index contributed by atoms with van der Waals surface area (Å²) >= 11 is 25.2. The van der Waals surface area contributed by atoms with Crippen LogP contribution in [-0.2, 0) is 0 Å². The number of benzene rings is 6. The molecule has 0 fully saturated rings. The van der Waals surface area contributed by atoms with E-state index in [9.17, 15) is 19.8 Å². The first-order chi connectivity index (χ1) is 22.8. The second kappa shape index (κ2) is 15.2. The summed E-state index contributed by atoms with van der Waals surface area (Å²) in [4.78, 5) is 25.9. The lowest BCUT2D eigenvalue weighted by molar-refractivity contribution is 0.102. The molecular weight excluding hydrogens is 919 g/mol. The van der Waals surface area contributed by atoms with E-state index in [0.717, 1.165) is 19.7 Å². The maximum absolute atomic E-state index is 13.0. The molecule has 0 heterocycles.